The maximum atomic E-state index is 11.8. The van der Waals surface area contributed by atoms with Crippen LogP contribution in [0.25, 0.3) is 0 Å². The van der Waals surface area contributed by atoms with E-state index in [2.05, 4.69) is 15.6 Å². The second-order valence-electron chi connectivity index (χ2n) is 4.16. The molecule has 4 N–H and O–H groups in total. The van der Waals surface area contributed by atoms with Crippen molar-refractivity contribution in [2.75, 3.05) is 13.2 Å². The molecule has 0 radical (unpaired) electrons. The number of nitrogens with zero attached hydrogens (tertiary/aromatic N) is 3. The summed E-state index contributed by atoms with van der Waals surface area (Å²) in [5, 5.41) is 19.3. The summed E-state index contributed by atoms with van der Waals surface area (Å²) in [6.45, 7) is 4.71. The number of aliphatic hydroxyl groups excluding tert-OH is 1. The molecular weight excluding hydrogens is 222 g/mol. The molecule has 0 aliphatic heterocycles. The van der Waals surface area contributed by atoms with Crippen molar-refractivity contribution in [3.05, 3.63) is 11.9 Å². The summed E-state index contributed by atoms with van der Waals surface area (Å²) in [6.07, 6.45) is 1.54. The fourth-order valence-corrected chi connectivity index (χ4v) is 1.31. The highest BCUT2D eigenvalue weighted by molar-refractivity contribution is 5.92. The molecule has 0 aromatic carbocycles. The second kappa shape index (κ2) is 6.31. The number of nitrogens with two attached hydrogens (primary N) is 1. The molecule has 0 unspecified atom stereocenters. The van der Waals surface area contributed by atoms with Gasteiger partial charge in [-0.25, -0.2) is 0 Å². The minimum absolute atomic E-state index is 0.0969. The minimum atomic E-state index is -0.332. The molecule has 1 aromatic rings. The van der Waals surface area contributed by atoms with E-state index < -0.39 is 0 Å². The molecule has 17 heavy (non-hydrogen) atoms. The van der Waals surface area contributed by atoms with Gasteiger partial charge in [0.25, 0.3) is 5.91 Å². The van der Waals surface area contributed by atoms with E-state index >= 15 is 0 Å². The molecule has 0 spiro atoms. The van der Waals surface area contributed by atoms with Crippen molar-refractivity contribution in [3.8, 4) is 0 Å². The van der Waals surface area contributed by atoms with E-state index in [1.807, 2.05) is 13.8 Å². The first-order valence-corrected chi connectivity index (χ1v) is 5.60. The fourth-order valence-electron chi connectivity index (χ4n) is 1.31. The van der Waals surface area contributed by atoms with Gasteiger partial charge in [-0.15, -0.1) is 5.10 Å². The molecule has 1 rings (SSSR count). The van der Waals surface area contributed by atoms with Gasteiger partial charge in [0, 0.05) is 6.54 Å². The lowest BCUT2D eigenvalue weighted by molar-refractivity contribution is 0.0891. The van der Waals surface area contributed by atoms with Crippen molar-refractivity contribution in [1.82, 2.24) is 20.3 Å². The first kappa shape index (κ1) is 13.6. The van der Waals surface area contributed by atoms with E-state index in [1.54, 1.807) is 0 Å². The van der Waals surface area contributed by atoms with Gasteiger partial charge in [0.2, 0.25) is 0 Å². The molecular formula is C10H19N5O2. The Bertz CT molecular complexity index is 363. The standard InChI is InChI=1S/C10H19N5O2/c1-7(2)9(6-16)12-10(17)8-5-15(4-3-11)14-13-8/h5,7,9,16H,3-4,6,11H2,1-2H3,(H,12,17)/t9-/m1/s1. The second-order valence-corrected chi connectivity index (χ2v) is 4.16. The predicted octanol–water partition coefficient (Wildman–Crippen LogP) is -1.02. The highest BCUT2D eigenvalue weighted by Crippen LogP contribution is 2.02. The van der Waals surface area contributed by atoms with E-state index in [0.717, 1.165) is 0 Å². The summed E-state index contributed by atoms with van der Waals surface area (Å²) in [5.74, 6) is -0.177. The van der Waals surface area contributed by atoms with E-state index in [4.69, 9.17) is 10.8 Å². The van der Waals surface area contributed by atoms with Gasteiger partial charge in [-0.05, 0) is 5.92 Å². The van der Waals surface area contributed by atoms with Crippen LogP contribution in [0.15, 0.2) is 6.20 Å². The summed E-state index contributed by atoms with van der Waals surface area (Å²) in [6, 6.07) is -0.276. The average molecular weight is 241 g/mol. The summed E-state index contributed by atoms with van der Waals surface area (Å²) in [4.78, 5) is 11.8. The third kappa shape index (κ3) is 3.79. The zero-order valence-corrected chi connectivity index (χ0v) is 10.1. The summed E-state index contributed by atoms with van der Waals surface area (Å²) in [7, 11) is 0. The Morgan fingerprint density at radius 2 is 2.35 bits per heavy atom. The van der Waals surface area contributed by atoms with Gasteiger partial charge in [-0.3, -0.25) is 9.48 Å². The van der Waals surface area contributed by atoms with Gasteiger partial charge in [0.15, 0.2) is 5.69 Å². The number of aromatic nitrogens is 3. The van der Waals surface area contributed by atoms with Crippen molar-refractivity contribution in [1.29, 1.82) is 0 Å². The lowest BCUT2D eigenvalue weighted by Crippen LogP contribution is -2.41. The van der Waals surface area contributed by atoms with Crippen molar-refractivity contribution in [2.24, 2.45) is 11.7 Å². The van der Waals surface area contributed by atoms with Crippen LogP contribution in [-0.4, -0.2) is 45.2 Å². The van der Waals surface area contributed by atoms with Crippen molar-refractivity contribution < 1.29 is 9.90 Å². The Balaban J connectivity index is 2.62. The van der Waals surface area contributed by atoms with Gasteiger partial charge >= 0.3 is 0 Å². The molecule has 0 aliphatic rings. The lowest BCUT2D eigenvalue weighted by atomic mass is 10.1. The highest BCUT2D eigenvalue weighted by Gasteiger charge is 2.18. The van der Waals surface area contributed by atoms with Crippen molar-refractivity contribution >= 4 is 5.91 Å². The molecule has 0 saturated heterocycles. The lowest BCUT2D eigenvalue weighted by Gasteiger charge is -2.18. The third-order valence-corrected chi connectivity index (χ3v) is 2.45. The van der Waals surface area contributed by atoms with Gasteiger partial charge < -0.3 is 16.2 Å². The Kier molecular flexibility index (Phi) is 5.05. The minimum Gasteiger partial charge on any atom is -0.394 e. The smallest absolute Gasteiger partial charge is 0.273 e. The van der Waals surface area contributed by atoms with E-state index in [9.17, 15) is 4.79 Å². The van der Waals surface area contributed by atoms with Gasteiger partial charge in [-0.1, -0.05) is 19.1 Å². The number of aliphatic hydroxyl groups is 1. The average Bonchev–Trinajstić information content (AvgIpc) is 2.74. The van der Waals surface area contributed by atoms with E-state index in [-0.39, 0.29) is 30.2 Å². The number of nitrogens with one attached hydrogen (secondary N) is 1. The van der Waals surface area contributed by atoms with Crippen LogP contribution in [0, 0.1) is 5.92 Å². The topological polar surface area (TPSA) is 106 Å². The summed E-state index contributed by atoms with van der Waals surface area (Å²) < 4.78 is 1.51. The van der Waals surface area contributed by atoms with Gasteiger partial charge in [0.05, 0.1) is 25.4 Å². The van der Waals surface area contributed by atoms with E-state index in [0.29, 0.717) is 13.1 Å². The number of carbonyl (C=O) groups is 1. The summed E-state index contributed by atoms with van der Waals surface area (Å²) in [5.41, 5.74) is 5.60. The molecule has 7 heteroatoms. The van der Waals surface area contributed by atoms with E-state index in [1.165, 1.54) is 10.9 Å². The molecule has 96 valence electrons. The monoisotopic (exact) mass is 241 g/mol. The number of hydrogen-bond acceptors (Lipinski definition) is 5. The Morgan fingerprint density at radius 1 is 1.65 bits per heavy atom. The van der Waals surface area contributed by atoms with Crippen LogP contribution in [0.1, 0.15) is 24.3 Å². The largest absolute Gasteiger partial charge is 0.394 e. The SMILES string of the molecule is CC(C)[C@@H](CO)NC(=O)c1cn(CCN)nn1. The first-order chi connectivity index (χ1) is 8.08. The molecule has 1 atom stereocenters. The molecule has 1 aromatic heterocycles. The van der Waals surface area contributed by atoms with Gasteiger partial charge in [0.1, 0.15) is 0 Å². The first-order valence-electron chi connectivity index (χ1n) is 5.60. The molecule has 1 amide bonds. The Labute approximate surface area is 100.0 Å². The zero-order valence-electron chi connectivity index (χ0n) is 10.1. The maximum absolute atomic E-state index is 11.8. The van der Waals surface area contributed by atoms with Crippen molar-refractivity contribution in [2.45, 2.75) is 26.4 Å². The zero-order chi connectivity index (χ0) is 12.8. The molecule has 7 nitrogen and oxygen atoms in total. The molecule has 0 saturated carbocycles. The quantitative estimate of drug-likeness (QED) is 0.591. The number of carbonyl (C=O) groups excluding carboxylic acids is 1. The van der Waals surface area contributed by atoms with Crippen LogP contribution < -0.4 is 11.1 Å². The molecule has 0 fully saturated rings. The predicted molar refractivity (Wildman–Crippen MR) is 62.3 cm³/mol. The third-order valence-electron chi connectivity index (χ3n) is 2.45. The van der Waals surface area contributed by atoms with Crippen LogP contribution in [0.5, 0.6) is 0 Å². The molecule has 0 bridgehead atoms. The van der Waals surface area contributed by atoms with Crippen molar-refractivity contribution in [3.63, 3.8) is 0 Å². The number of amides is 1. The van der Waals surface area contributed by atoms with Gasteiger partial charge in [-0.2, -0.15) is 0 Å². The Morgan fingerprint density at radius 3 is 2.88 bits per heavy atom. The fraction of sp³-hybridized carbons (Fsp3) is 0.700. The number of hydrogen-bond donors (Lipinski definition) is 3. The normalized spacial score (nSPS) is 12.8. The maximum Gasteiger partial charge on any atom is 0.273 e. The molecule has 1 heterocycles. The van der Waals surface area contributed by atoms with Crippen LogP contribution >= 0.6 is 0 Å². The highest BCUT2D eigenvalue weighted by atomic mass is 16.3. The number of rotatable bonds is 6. The Hall–Kier alpha value is -1.47. The van der Waals surface area contributed by atoms with Crippen LogP contribution in [0.3, 0.4) is 0 Å². The van der Waals surface area contributed by atoms with Crippen LogP contribution in [-0.2, 0) is 6.54 Å². The summed E-state index contributed by atoms with van der Waals surface area (Å²) >= 11 is 0. The molecule has 0 aliphatic carbocycles. The van der Waals surface area contributed by atoms with Crippen LogP contribution in [0.2, 0.25) is 0 Å². The van der Waals surface area contributed by atoms with Crippen LogP contribution in [0.4, 0.5) is 0 Å².